The number of rotatable bonds is 6. The molecular weight excluding hydrogens is 377 g/mol. The van der Waals surface area contributed by atoms with Crippen molar-refractivity contribution in [3.63, 3.8) is 0 Å². The van der Waals surface area contributed by atoms with E-state index >= 15 is 0 Å². The van der Waals surface area contributed by atoms with E-state index in [0.717, 1.165) is 11.6 Å². The number of nitro benzene ring substituents is 1. The molecule has 0 unspecified atom stereocenters. The number of hydrogen-bond donors (Lipinski definition) is 1. The quantitative estimate of drug-likeness (QED) is 0.595. The van der Waals surface area contributed by atoms with Crippen LogP contribution < -0.4 is 5.32 Å². The van der Waals surface area contributed by atoms with Gasteiger partial charge in [0, 0.05) is 31.8 Å². The summed E-state index contributed by atoms with van der Waals surface area (Å²) in [6, 6.07) is 9.42. The third-order valence-corrected chi connectivity index (χ3v) is 6.10. The van der Waals surface area contributed by atoms with Gasteiger partial charge >= 0.3 is 0 Å². The zero-order valence-electron chi connectivity index (χ0n) is 14.3. The number of benzene rings is 2. The highest BCUT2D eigenvalue weighted by atomic mass is 32.2. The van der Waals surface area contributed by atoms with E-state index in [1.807, 2.05) is 0 Å². The standard InChI is InChI=1S/C17H18FN3O5S/c18-14-3-1-13(2-4-14)12-19-16-6-5-15(21(22)23)11-17(16)27(24,25)20-7-9-26-10-8-20/h1-6,11,19H,7-10,12H2. The molecule has 2 aromatic rings. The molecule has 1 aliphatic heterocycles. The van der Waals surface area contributed by atoms with Crippen molar-refractivity contribution in [2.75, 3.05) is 31.6 Å². The summed E-state index contributed by atoms with van der Waals surface area (Å²) < 4.78 is 45.4. The largest absolute Gasteiger partial charge is 0.380 e. The van der Waals surface area contributed by atoms with Gasteiger partial charge in [-0.2, -0.15) is 4.31 Å². The van der Waals surface area contributed by atoms with Crippen LogP contribution in [-0.4, -0.2) is 43.9 Å². The predicted octanol–water partition coefficient (Wildman–Crippen LogP) is 2.37. The monoisotopic (exact) mass is 395 g/mol. The molecule has 27 heavy (non-hydrogen) atoms. The van der Waals surface area contributed by atoms with Crippen LogP contribution in [0, 0.1) is 15.9 Å². The van der Waals surface area contributed by atoms with Crippen LogP contribution in [-0.2, 0) is 21.3 Å². The van der Waals surface area contributed by atoms with Gasteiger partial charge in [-0.1, -0.05) is 12.1 Å². The Morgan fingerprint density at radius 3 is 2.44 bits per heavy atom. The Morgan fingerprint density at radius 1 is 1.15 bits per heavy atom. The van der Waals surface area contributed by atoms with Crippen LogP contribution in [0.4, 0.5) is 15.8 Å². The van der Waals surface area contributed by atoms with Gasteiger partial charge in [0.2, 0.25) is 10.0 Å². The van der Waals surface area contributed by atoms with E-state index in [0.29, 0.717) is 0 Å². The molecule has 0 spiro atoms. The van der Waals surface area contributed by atoms with Crippen molar-refractivity contribution in [3.8, 4) is 0 Å². The molecule has 1 saturated heterocycles. The van der Waals surface area contributed by atoms with E-state index < -0.39 is 14.9 Å². The molecule has 0 saturated carbocycles. The molecule has 0 aromatic heterocycles. The number of nitro groups is 1. The Balaban J connectivity index is 1.92. The van der Waals surface area contributed by atoms with Gasteiger partial charge < -0.3 is 10.1 Å². The topological polar surface area (TPSA) is 102 Å². The Labute approximate surface area is 155 Å². The summed E-state index contributed by atoms with van der Waals surface area (Å²) >= 11 is 0. The highest BCUT2D eigenvalue weighted by molar-refractivity contribution is 7.89. The smallest absolute Gasteiger partial charge is 0.270 e. The lowest BCUT2D eigenvalue weighted by atomic mass is 10.2. The fraction of sp³-hybridized carbons (Fsp3) is 0.294. The van der Waals surface area contributed by atoms with Gasteiger partial charge in [0.25, 0.3) is 5.69 Å². The van der Waals surface area contributed by atoms with Crippen LogP contribution in [0.15, 0.2) is 47.4 Å². The Hall–Kier alpha value is -2.56. The van der Waals surface area contributed by atoms with E-state index in [-0.39, 0.29) is 54.9 Å². The number of non-ortho nitro benzene ring substituents is 1. The SMILES string of the molecule is O=[N+]([O-])c1ccc(NCc2ccc(F)cc2)c(S(=O)(=O)N2CCOCC2)c1. The van der Waals surface area contributed by atoms with Crippen LogP contribution in [0.5, 0.6) is 0 Å². The van der Waals surface area contributed by atoms with Gasteiger partial charge in [-0.3, -0.25) is 10.1 Å². The van der Waals surface area contributed by atoms with Crippen LogP contribution in [0.1, 0.15) is 5.56 Å². The van der Waals surface area contributed by atoms with Crippen LogP contribution in [0.25, 0.3) is 0 Å². The lowest BCUT2D eigenvalue weighted by molar-refractivity contribution is -0.385. The molecule has 1 heterocycles. The fourth-order valence-electron chi connectivity index (χ4n) is 2.71. The number of hydrogen-bond acceptors (Lipinski definition) is 6. The molecule has 1 aliphatic rings. The average molecular weight is 395 g/mol. The number of anilines is 1. The number of ether oxygens (including phenoxy) is 1. The molecule has 2 aromatic carbocycles. The molecule has 3 rings (SSSR count). The number of morpholine rings is 1. The number of halogens is 1. The Bertz CT molecular complexity index is 928. The molecule has 144 valence electrons. The minimum Gasteiger partial charge on any atom is -0.380 e. The average Bonchev–Trinajstić information content (AvgIpc) is 2.68. The van der Waals surface area contributed by atoms with Crippen molar-refractivity contribution in [1.82, 2.24) is 4.31 Å². The molecule has 0 radical (unpaired) electrons. The van der Waals surface area contributed by atoms with Gasteiger partial charge in [0.15, 0.2) is 0 Å². The first kappa shape index (κ1) is 19.2. The van der Waals surface area contributed by atoms with Crippen molar-refractivity contribution in [3.05, 3.63) is 64.0 Å². The Kier molecular flexibility index (Phi) is 5.68. The molecule has 0 atom stereocenters. The molecular formula is C17H18FN3O5S. The van der Waals surface area contributed by atoms with Crippen molar-refractivity contribution in [1.29, 1.82) is 0 Å². The summed E-state index contributed by atoms with van der Waals surface area (Å²) in [7, 11) is -3.93. The second kappa shape index (κ2) is 7.99. The van der Waals surface area contributed by atoms with Crippen molar-refractivity contribution in [2.24, 2.45) is 0 Å². The summed E-state index contributed by atoms with van der Waals surface area (Å²) in [6.45, 7) is 1.15. The van der Waals surface area contributed by atoms with E-state index in [2.05, 4.69) is 5.32 Å². The molecule has 10 heteroatoms. The first-order valence-corrected chi connectivity index (χ1v) is 9.66. The zero-order valence-corrected chi connectivity index (χ0v) is 15.1. The maximum atomic E-state index is 13.0. The lowest BCUT2D eigenvalue weighted by Crippen LogP contribution is -2.40. The minimum absolute atomic E-state index is 0.166. The van der Waals surface area contributed by atoms with Gasteiger partial charge in [0.05, 0.1) is 23.8 Å². The van der Waals surface area contributed by atoms with E-state index in [9.17, 15) is 22.9 Å². The molecule has 0 amide bonds. The first-order valence-electron chi connectivity index (χ1n) is 8.22. The van der Waals surface area contributed by atoms with Crippen molar-refractivity contribution < 1.29 is 22.5 Å². The highest BCUT2D eigenvalue weighted by Gasteiger charge is 2.30. The Morgan fingerprint density at radius 2 is 1.81 bits per heavy atom. The summed E-state index contributed by atoms with van der Waals surface area (Å²) in [5.41, 5.74) is 0.676. The molecule has 0 aliphatic carbocycles. The van der Waals surface area contributed by atoms with Gasteiger partial charge in [0.1, 0.15) is 10.7 Å². The second-order valence-electron chi connectivity index (χ2n) is 5.93. The van der Waals surface area contributed by atoms with E-state index in [1.54, 1.807) is 12.1 Å². The maximum Gasteiger partial charge on any atom is 0.270 e. The third-order valence-electron chi connectivity index (χ3n) is 4.16. The van der Waals surface area contributed by atoms with E-state index in [4.69, 9.17) is 4.74 Å². The predicted molar refractivity (Wildman–Crippen MR) is 96.4 cm³/mol. The third kappa shape index (κ3) is 4.41. The normalized spacial score (nSPS) is 15.4. The second-order valence-corrected chi connectivity index (χ2v) is 7.84. The number of sulfonamides is 1. The molecule has 0 bridgehead atoms. The van der Waals surface area contributed by atoms with Crippen molar-refractivity contribution in [2.45, 2.75) is 11.4 Å². The molecule has 8 nitrogen and oxygen atoms in total. The van der Waals surface area contributed by atoms with Gasteiger partial charge in [-0.25, -0.2) is 12.8 Å². The van der Waals surface area contributed by atoms with Crippen molar-refractivity contribution >= 4 is 21.4 Å². The van der Waals surface area contributed by atoms with Gasteiger partial charge in [-0.05, 0) is 23.8 Å². The van der Waals surface area contributed by atoms with Gasteiger partial charge in [-0.15, -0.1) is 0 Å². The first-order chi connectivity index (χ1) is 12.9. The number of nitrogens with zero attached hydrogens (tertiary/aromatic N) is 2. The lowest BCUT2D eigenvalue weighted by Gasteiger charge is -2.27. The molecule has 1 N–H and O–H groups in total. The zero-order chi connectivity index (χ0) is 19.4. The molecule has 1 fully saturated rings. The summed E-state index contributed by atoms with van der Waals surface area (Å²) in [5, 5.41) is 14.1. The fourth-order valence-corrected chi connectivity index (χ4v) is 4.31. The summed E-state index contributed by atoms with van der Waals surface area (Å²) in [5.74, 6) is -0.371. The highest BCUT2D eigenvalue weighted by Crippen LogP contribution is 2.30. The summed E-state index contributed by atoms with van der Waals surface area (Å²) in [4.78, 5) is 10.3. The number of nitrogens with one attached hydrogen (secondary N) is 1. The maximum absolute atomic E-state index is 13.0. The van der Waals surface area contributed by atoms with E-state index in [1.165, 1.54) is 28.6 Å². The van der Waals surface area contributed by atoms with Crippen LogP contribution in [0.2, 0.25) is 0 Å². The van der Waals surface area contributed by atoms with Crippen LogP contribution in [0.3, 0.4) is 0 Å². The van der Waals surface area contributed by atoms with Crippen LogP contribution >= 0.6 is 0 Å². The summed E-state index contributed by atoms with van der Waals surface area (Å²) in [6.07, 6.45) is 0. The minimum atomic E-state index is -3.93.